The van der Waals surface area contributed by atoms with Crippen molar-refractivity contribution in [1.29, 1.82) is 0 Å². The SMILES string of the molecule is C=Cc1ccc(O)cc1.CC. The van der Waals surface area contributed by atoms with Crippen LogP contribution in [0.15, 0.2) is 30.8 Å². The summed E-state index contributed by atoms with van der Waals surface area (Å²) in [5.74, 6) is 0.292. The zero-order valence-electron chi connectivity index (χ0n) is 7.04. The fraction of sp³-hybridized carbons (Fsp3) is 0.200. The van der Waals surface area contributed by atoms with E-state index in [1.165, 1.54) is 0 Å². The molecule has 1 aromatic carbocycles. The zero-order valence-corrected chi connectivity index (χ0v) is 7.04. The van der Waals surface area contributed by atoms with E-state index in [-0.39, 0.29) is 0 Å². The lowest BCUT2D eigenvalue weighted by molar-refractivity contribution is 0.475. The van der Waals surface area contributed by atoms with Crippen molar-refractivity contribution in [3.8, 4) is 5.75 Å². The van der Waals surface area contributed by atoms with E-state index in [2.05, 4.69) is 6.58 Å². The lowest BCUT2D eigenvalue weighted by atomic mass is 10.2. The minimum absolute atomic E-state index is 0.292. The topological polar surface area (TPSA) is 20.2 Å². The third-order valence-corrected chi connectivity index (χ3v) is 1.13. The van der Waals surface area contributed by atoms with Gasteiger partial charge in [-0.25, -0.2) is 0 Å². The van der Waals surface area contributed by atoms with Crippen LogP contribution in [0.4, 0.5) is 0 Å². The van der Waals surface area contributed by atoms with Crippen molar-refractivity contribution in [2.75, 3.05) is 0 Å². The first kappa shape index (κ1) is 9.76. The highest BCUT2D eigenvalue weighted by Gasteiger charge is 1.84. The van der Waals surface area contributed by atoms with Crippen LogP contribution in [0.25, 0.3) is 6.08 Å². The first-order chi connectivity index (χ1) is 5.33. The van der Waals surface area contributed by atoms with E-state index in [0.29, 0.717) is 5.75 Å². The lowest BCUT2D eigenvalue weighted by Gasteiger charge is -1.90. The van der Waals surface area contributed by atoms with Crippen LogP contribution < -0.4 is 0 Å². The first-order valence-corrected chi connectivity index (χ1v) is 3.74. The molecule has 0 aliphatic rings. The van der Waals surface area contributed by atoms with Gasteiger partial charge in [0.05, 0.1) is 0 Å². The third-order valence-electron chi connectivity index (χ3n) is 1.13. The predicted octanol–water partition coefficient (Wildman–Crippen LogP) is 3.06. The molecule has 1 N–H and O–H groups in total. The van der Waals surface area contributed by atoms with E-state index >= 15 is 0 Å². The Morgan fingerprint density at radius 1 is 1.18 bits per heavy atom. The van der Waals surface area contributed by atoms with Crippen molar-refractivity contribution >= 4 is 6.08 Å². The van der Waals surface area contributed by atoms with E-state index in [4.69, 9.17) is 5.11 Å². The molecule has 0 aliphatic carbocycles. The monoisotopic (exact) mass is 150 g/mol. The highest BCUT2D eigenvalue weighted by Crippen LogP contribution is 2.09. The average Bonchev–Trinajstić information content (AvgIpc) is 2.10. The van der Waals surface area contributed by atoms with Gasteiger partial charge in [0.2, 0.25) is 0 Å². The molecule has 0 saturated carbocycles. The van der Waals surface area contributed by atoms with Crippen molar-refractivity contribution in [1.82, 2.24) is 0 Å². The Kier molecular flexibility index (Phi) is 4.91. The molecule has 1 rings (SSSR count). The van der Waals surface area contributed by atoms with E-state index in [9.17, 15) is 0 Å². The molecule has 0 saturated heterocycles. The molecule has 0 fully saturated rings. The molecular weight excluding hydrogens is 136 g/mol. The molecule has 0 aromatic heterocycles. The lowest BCUT2D eigenvalue weighted by Crippen LogP contribution is -1.67. The Bertz CT molecular complexity index is 199. The smallest absolute Gasteiger partial charge is 0.115 e. The van der Waals surface area contributed by atoms with Crippen LogP contribution in [0.5, 0.6) is 5.75 Å². The van der Waals surface area contributed by atoms with E-state index in [1.54, 1.807) is 18.2 Å². The minimum atomic E-state index is 0.292. The summed E-state index contributed by atoms with van der Waals surface area (Å²) in [5.41, 5.74) is 1.02. The molecule has 0 heterocycles. The van der Waals surface area contributed by atoms with E-state index in [1.807, 2.05) is 26.0 Å². The van der Waals surface area contributed by atoms with Gasteiger partial charge >= 0.3 is 0 Å². The fourth-order valence-corrected chi connectivity index (χ4v) is 0.610. The van der Waals surface area contributed by atoms with Crippen LogP contribution in [0, 0.1) is 0 Å². The van der Waals surface area contributed by atoms with Crippen LogP contribution in [-0.2, 0) is 0 Å². The highest BCUT2D eigenvalue weighted by molar-refractivity contribution is 5.47. The second-order valence-corrected chi connectivity index (χ2v) is 1.80. The molecule has 11 heavy (non-hydrogen) atoms. The average molecular weight is 150 g/mol. The van der Waals surface area contributed by atoms with Gasteiger partial charge in [-0.1, -0.05) is 38.6 Å². The van der Waals surface area contributed by atoms with Gasteiger partial charge in [0.1, 0.15) is 5.75 Å². The Labute approximate surface area is 68.0 Å². The summed E-state index contributed by atoms with van der Waals surface area (Å²) in [7, 11) is 0. The quantitative estimate of drug-likeness (QED) is 0.652. The summed E-state index contributed by atoms with van der Waals surface area (Å²) < 4.78 is 0. The van der Waals surface area contributed by atoms with Gasteiger partial charge in [-0.2, -0.15) is 0 Å². The number of benzene rings is 1. The molecule has 1 aromatic rings. The Hall–Kier alpha value is -1.24. The number of aromatic hydroxyl groups is 1. The van der Waals surface area contributed by atoms with Gasteiger partial charge in [0.25, 0.3) is 0 Å². The maximum atomic E-state index is 8.82. The van der Waals surface area contributed by atoms with E-state index < -0.39 is 0 Å². The molecule has 0 amide bonds. The highest BCUT2D eigenvalue weighted by atomic mass is 16.3. The molecule has 1 heteroatoms. The minimum Gasteiger partial charge on any atom is -0.508 e. The van der Waals surface area contributed by atoms with Crippen LogP contribution in [0.2, 0.25) is 0 Å². The largest absolute Gasteiger partial charge is 0.508 e. The van der Waals surface area contributed by atoms with Crippen LogP contribution >= 0.6 is 0 Å². The number of rotatable bonds is 1. The zero-order chi connectivity index (χ0) is 8.69. The number of hydrogen-bond donors (Lipinski definition) is 1. The Balaban J connectivity index is 0.000000461. The molecule has 0 radical (unpaired) electrons. The van der Waals surface area contributed by atoms with E-state index in [0.717, 1.165) is 5.56 Å². The summed E-state index contributed by atoms with van der Waals surface area (Å²) in [4.78, 5) is 0. The van der Waals surface area contributed by atoms with Gasteiger partial charge < -0.3 is 5.11 Å². The van der Waals surface area contributed by atoms with Gasteiger partial charge in [0, 0.05) is 0 Å². The number of hydrogen-bond acceptors (Lipinski definition) is 1. The summed E-state index contributed by atoms with van der Waals surface area (Å²) in [6.45, 7) is 7.58. The van der Waals surface area contributed by atoms with Crippen molar-refractivity contribution in [2.45, 2.75) is 13.8 Å². The second kappa shape index (κ2) is 5.54. The Morgan fingerprint density at radius 2 is 1.64 bits per heavy atom. The molecule has 0 spiro atoms. The second-order valence-electron chi connectivity index (χ2n) is 1.80. The van der Waals surface area contributed by atoms with Crippen molar-refractivity contribution < 1.29 is 5.11 Å². The molecule has 0 aliphatic heterocycles. The van der Waals surface area contributed by atoms with Gasteiger partial charge in [-0.05, 0) is 17.7 Å². The molecule has 0 unspecified atom stereocenters. The predicted molar refractivity (Wildman–Crippen MR) is 49.5 cm³/mol. The van der Waals surface area contributed by atoms with Crippen LogP contribution in [-0.4, -0.2) is 5.11 Å². The van der Waals surface area contributed by atoms with Crippen molar-refractivity contribution in [2.24, 2.45) is 0 Å². The van der Waals surface area contributed by atoms with Crippen molar-refractivity contribution in [3.63, 3.8) is 0 Å². The van der Waals surface area contributed by atoms with Gasteiger partial charge in [0.15, 0.2) is 0 Å². The normalized spacial score (nSPS) is 7.82. The molecule has 1 nitrogen and oxygen atoms in total. The third kappa shape index (κ3) is 3.46. The molecule has 0 atom stereocenters. The van der Waals surface area contributed by atoms with Crippen molar-refractivity contribution in [3.05, 3.63) is 36.4 Å². The summed E-state index contributed by atoms with van der Waals surface area (Å²) >= 11 is 0. The van der Waals surface area contributed by atoms with Crippen LogP contribution in [0.3, 0.4) is 0 Å². The maximum Gasteiger partial charge on any atom is 0.115 e. The molecular formula is C10H14O. The Morgan fingerprint density at radius 3 is 2.00 bits per heavy atom. The number of phenols is 1. The van der Waals surface area contributed by atoms with Gasteiger partial charge in [-0.15, -0.1) is 0 Å². The standard InChI is InChI=1S/C8H8O.C2H6/c1-2-7-3-5-8(9)6-4-7;1-2/h2-6,9H,1H2;1-2H3. The number of phenolic OH excluding ortho intramolecular Hbond substituents is 1. The first-order valence-electron chi connectivity index (χ1n) is 3.74. The maximum absolute atomic E-state index is 8.82. The molecule has 60 valence electrons. The summed E-state index contributed by atoms with van der Waals surface area (Å²) in [5, 5.41) is 8.82. The summed E-state index contributed by atoms with van der Waals surface area (Å²) in [6.07, 6.45) is 1.74. The summed E-state index contributed by atoms with van der Waals surface area (Å²) in [6, 6.07) is 6.89. The van der Waals surface area contributed by atoms with Crippen LogP contribution in [0.1, 0.15) is 19.4 Å². The van der Waals surface area contributed by atoms with Gasteiger partial charge in [-0.3, -0.25) is 0 Å². The molecule has 0 bridgehead atoms. The fourth-order valence-electron chi connectivity index (χ4n) is 0.610.